The minimum absolute atomic E-state index is 0.0535. The van der Waals surface area contributed by atoms with E-state index < -0.39 is 0 Å². The number of amides is 2. The SMILES string of the molecule is C#CC.CC.CC(C)C(=O)N1CCCN(C=O)CC1. The highest BCUT2D eigenvalue weighted by molar-refractivity contribution is 5.78. The van der Waals surface area contributed by atoms with Crippen LogP contribution in [0.1, 0.15) is 41.0 Å². The summed E-state index contributed by atoms with van der Waals surface area (Å²) in [7, 11) is 0. The first-order chi connectivity index (χ1) is 9.06. The Hall–Kier alpha value is -1.50. The first kappa shape index (κ1) is 19.8. The van der Waals surface area contributed by atoms with Crippen LogP contribution in [0.2, 0.25) is 0 Å². The molecule has 4 nitrogen and oxygen atoms in total. The molecule has 1 fully saturated rings. The van der Waals surface area contributed by atoms with Gasteiger partial charge in [0, 0.05) is 32.1 Å². The van der Waals surface area contributed by atoms with Gasteiger partial charge < -0.3 is 9.80 Å². The van der Waals surface area contributed by atoms with Crippen LogP contribution in [-0.2, 0) is 9.59 Å². The summed E-state index contributed by atoms with van der Waals surface area (Å²) in [5.41, 5.74) is 0. The highest BCUT2D eigenvalue weighted by Crippen LogP contribution is 2.06. The molecule has 0 aromatic carbocycles. The van der Waals surface area contributed by atoms with Crippen molar-refractivity contribution < 1.29 is 9.59 Å². The molecule has 0 aromatic rings. The smallest absolute Gasteiger partial charge is 0.225 e. The first-order valence-electron chi connectivity index (χ1n) is 6.92. The number of carbonyl (C=O) groups is 2. The van der Waals surface area contributed by atoms with Gasteiger partial charge in [0.25, 0.3) is 0 Å². The monoisotopic (exact) mass is 268 g/mol. The number of hydrogen-bond donors (Lipinski definition) is 0. The molecule has 0 N–H and O–H groups in total. The second kappa shape index (κ2) is 12.9. The Balaban J connectivity index is 0. The predicted octanol–water partition coefficient (Wildman–Crippen LogP) is 2.00. The molecule has 2 amide bonds. The van der Waals surface area contributed by atoms with E-state index in [0.29, 0.717) is 13.1 Å². The van der Waals surface area contributed by atoms with Crippen LogP contribution in [0, 0.1) is 18.3 Å². The van der Waals surface area contributed by atoms with Crippen molar-refractivity contribution >= 4 is 12.3 Å². The summed E-state index contributed by atoms with van der Waals surface area (Å²) in [6.45, 7) is 12.4. The average Bonchev–Trinajstić information content (AvgIpc) is 2.66. The molecule has 19 heavy (non-hydrogen) atoms. The summed E-state index contributed by atoms with van der Waals surface area (Å²) in [6.07, 6.45) is 6.35. The molecule has 1 aliphatic rings. The van der Waals surface area contributed by atoms with Gasteiger partial charge in [0.2, 0.25) is 12.3 Å². The molecule has 1 aliphatic heterocycles. The summed E-state index contributed by atoms with van der Waals surface area (Å²) in [6, 6.07) is 0. The minimum Gasteiger partial charge on any atom is -0.343 e. The summed E-state index contributed by atoms with van der Waals surface area (Å²) in [5, 5.41) is 0. The standard InChI is InChI=1S/C10H18N2O2.C3H4.C2H6/c1-9(2)10(14)12-5-3-4-11(8-13)6-7-12;1-3-2;1-2/h8-9H,3-7H2,1-2H3;1H,2H3;1-2H3. The molecule has 110 valence electrons. The molecule has 0 radical (unpaired) electrons. The molecule has 0 aliphatic carbocycles. The number of terminal acetylenes is 1. The van der Waals surface area contributed by atoms with Crippen LogP contribution in [0.3, 0.4) is 0 Å². The van der Waals surface area contributed by atoms with Gasteiger partial charge in [-0.2, -0.15) is 0 Å². The van der Waals surface area contributed by atoms with E-state index in [1.807, 2.05) is 32.6 Å². The summed E-state index contributed by atoms with van der Waals surface area (Å²) < 4.78 is 0. The molecule has 0 bridgehead atoms. The van der Waals surface area contributed by atoms with E-state index in [-0.39, 0.29) is 11.8 Å². The topological polar surface area (TPSA) is 40.6 Å². The van der Waals surface area contributed by atoms with E-state index in [4.69, 9.17) is 0 Å². The molecule has 0 spiro atoms. The number of rotatable bonds is 2. The Bertz CT molecular complexity index is 282. The first-order valence-corrected chi connectivity index (χ1v) is 6.92. The summed E-state index contributed by atoms with van der Waals surface area (Å²) in [4.78, 5) is 25.8. The van der Waals surface area contributed by atoms with Crippen LogP contribution in [0.5, 0.6) is 0 Å². The van der Waals surface area contributed by atoms with Crippen LogP contribution in [0.25, 0.3) is 0 Å². The molecule has 0 atom stereocenters. The average molecular weight is 268 g/mol. The summed E-state index contributed by atoms with van der Waals surface area (Å²) in [5.74, 6) is 2.50. The fraction of sp³-hybridized carbons (Fsp3) is 0.733. The van der Waals surface area contributed by atoms with Gasteiger partial charge in [0.1, 0.15) is 0 Å². The second-order valence-electron chi connectivity index (χ2n) is 4.26. The van der Waals surface area contributed by atoms with Crippen molar-refractivity contribution in [3.63, 3.8) is 0 Å². The van der Waals surface area contributed by atoms with Crippen LogP contribution in [-0.4, -0.2) is 48.3 Å². The molecular formula is C15H28N2O2. The Morgan fingerprint density at radius 2 is 1.74 bits per heavy atom. The molecule has 1 heterocycles. The normalized spacial score (nSPS) is 14.2. The Morgan fingerprint density at radius 1 is 1.21 bits per heavy atom. The van der Waals surface area contributed by atoms with Crippen LogP contribution in [0.15, 0.2) is 0 Å². The fourth-order valence-corrected chi connectivity index (χ4v) is 1.63. The van der Waals surface area contributed by atoms with Gasteiger partial charge in [-0.05, 0) is 13.3 Å². The van der Waals surface area contributed by atoms with Crippen molar-refractivity contribution in [3.8, 4) is 12.3 Å². The number of hydrogen-bond acceptors (Lipinski definition) is 2. The lowest BCUT2D eigenvalue weighted by atomic mass is 10.2. The van der Waals surface area contributed by atoms with Gasteiger partial charge in [-0.15, -0.1) is 12.3 Å². The van der Waals surface area contributed by atoms with Crippen molar-refractivity contribution in [2.75, 3.05) is 26.2 Å². The predicted molar refractivity (Wildman–Crippen MR) is 79.5 cm³/mol. The van der Waals surface area contributed by atoms with E-state index in [1.54, 1.807) is 11.8 Å². The van der Waals surface area contributed by atoms with E-state index in [0.717, 1.165) is 25.9 Å². The maximum Gasteiger partial charge on any atom is 0.225 e. The quantitative estimate of drug-likeness (QED) is 0.568. The van der Waals surface area contributed by atoms with Crippen molar-refractivity contribution in [3.05, 3.63) is 0 Å². The second-order valence-corrected chi connectivity index (χ2v) is 4.26. The zero-order chi connectivity index (χ0) is 15.3. The van der Waals surface area contributed by atoms with E-state index in [9.17, 15) is 9.59 Å². The van der Waals surface area contributed by atoms with Gasteiger partial charge in [-0.3, -0.25) is 9.59 Å². The van der Waals surface area contributed by atoms with Gasteiger partial charge in [0.05, 0.1) is 0 Å². The van der Waals surface area contributed by atoms with E-state index in [1.165, 1.54) is 0 Å². The van der Waals surface area contributed by atoms with E-state index >= 15 is 0 Å². The van der Waals surface area contributed by atoms with Crippen molar-refractivity contribution in [1.82, 2.24) is 9.80 Å². The molecule has 4 heteroatoms. The zero-order valence-electron chi connectivity index (χ0n) is 13.0. The number of nitrogens with zero attached hydrogens (tertiary/aromatic N) is 2. The van der Waals surface area contributed by atoms with E-state index in [2.05, 4.69) is 12.3 Å². The van der Waals surface area contributed by atoms with Gasteiger partial charge >= 0.3 is 0 Å². The maximum absolute atomic E-state index is 11.7. The third kappa shape index (κ3) is 9.12. The summed E-state index contributed by atoms with van der Waals surface area (Å²) >= 11 is 0. The maximum atomic E-state index is 11.7. The largest absolute Gasteiger partial charge is 0.343 e. The third-order valence-electron chi connectivity index (χ3n) is 2.49. The van der Waals surface area contributed by atoms with Crippen molar-refractivity contribution in [2.45, 2.75) is 41.0 Å². The highest BCUT2D eigenvalue weighted by Gasteiger charge is 2.19. The van der Waals surface area contributed by atoms with Crippen molar-refractivity contribution in [2.24, 2.45) is 5.92 Å². The van der Waals surface area contributed by atoms with Gasteiger partial charge in [0.15, 0.2) is 0 Å². The fourth-order valence-electron chi connectivity index (χ4n) is 1.63. The molecule has 0 saturated carbocycles. The Kier molecular flexibility index (Phi) is 13.5. The lowest BCUT2D eigenvalue weighted by Crippen LogP contribution is -2.37. The lowest BCUT2D eigenvalue weighted by molar-refractivity contribution is -0.134. The van der Waals surface area contributed by atoms with Crippen LogP contribution < -0.4 is 0 Å². The molecule has 0 aromatic heterocycles. The van der Waals surface area contributed by atoms with Crippen LogP contribution >= 0.6 is 0 Å². The Morgan fingerprint density at radius 3 is 2.16 bits per heavy atom. The van der Waals surface area contributed by atoms with Gasteiger partial charge in [-0.1, -0.05) is 27.7 Å². The molecule has 1 rings (SSSR count). The van der Waals surface area contributed by atoms with Crippen molar-refractivity contribution in [1.29, 1.82) is 0 Å². The van der Waals surface area contributed by atoms with Crippen LogP contribution in [0.4, 0.5) is 0 Å². The van der Waals surface area contributed by atoms with Gasteiger partial charge in [-0.25, -0.2) is 0 Å². The third-order valence-corrected chi connectivity index (χ3v) is 2.49. The molecular weight excluding hydrogens is 240 g/mol. The zero-order valence-corrected chi connectivity index (χ0v) is 13.0. The lowest BCUT2D eigenvalue weighted by Gasteiger charge is -2.22. The molecule has 1 saturated heterocycles. The number of carbonyl (C=O) groups excluding carboxylic acids is 2. The highest BCUT2D eigenvalue weighted by atomic mass is 16.2. The Labute approximate surface area is 118 Å². The molecule has 0 unspecified atom stereocenters. The minimum atomic E-state index is 0.0535.